The highest BCUT2D eigenvalue weighted by atomic mass is 35.5. The Bertz CT molecular complexity index is 802. The molecule has 1 aromatic carbocycles. The van der Waals surface area contributed by atoms with E-state index in [1.54, 1.807) is 29.7 Å². The summed E-state index contributed by atoms with van der Waals surface area (Å²) in [4.78, 5) is 23.6. The van der Waals surface area contributed by atoms with Crippen molar-refractivity contribution in [2.24, 2.45) is 5.10 Å². The Morgan fingerprint density at radius 1 is 1.38 bits per heavy atom. The van der Waals surface area contributed by atoms with Crippen LogP contribution in [-0.2, 0) is 6.42 Å². The molecule has 2 rings (SSSR count). The summed E-state index contributed by atoms with van der Waals surface area (Å²) in [5, 5.41) is 16.8. The second kappa shape index (κ2) is 8.03. The van der Waals surface area contributed by atoms with Crippen LogP contribution in [0.3, 0.4) is 0 Å². The van der Waals surface area contributed by atoms with Gasteiger partial charge in [-0.3, -0.25) is 14.9 Å². The van der Waals surface area contributed by atoms with Gasteiger partial charge in [-0.15, -0.1) is 11.3 Å². The fourth-order valence-corrected chi connectivity index (χ4v) is 3.18. The van der Waals surface area contributed by atoms with Crippen LogP contribution in [0.25, 0.3) is 0 Å². The van der Waals surface area contributed by atoms with E-state index in [4.69, 9.17) is 11.6 Å². The van der Waals surface area contributed by atoms with Gasteiger partial charge >= 0.3 is 0 Å². The van der Waals surface area contributed by atoms with Crippen LogP contribution in [0.5, 0.6) is 0 Å². The predicted molar refractivity (Wildman–Crippen MR) is 96.1 cm³/mol. The summed E-state index contributed by atoms with van der Waals surface area (Å²) < 4.78 is 0. The lowest BCUT2D eigenvalue weighted by atomic mass is 10.1. The topological polar surface area (TPSA) is 84.6 Å². The average Bonchev–Trinajstić information content (AvgIpc) is 3.01. The smallest absolute Gasteiger partial charge is 0.267 e. The Kier molecular flexibility index (Phi) is 6.05. The summed E-state index contributed by atoms with van der Waals surface area (Å²) in [6.45, 7) is 3.74. The minimum Gasteiger partial charge on any atom is -0.267 e. The van der Waals surface area contributed by atoms with Crippen LogP contribution < -0.4 is 5.43 Å². The molecule has 2 aromatic rings. The van der Waals surface area contributed by atoms with Gasteiger partial charge in [0, 0.05) is 21.9 Å². The number of nitrogens with one attached hydrogen (secondary N) is 1. The molecule has 0 aliphatic carbocycles. The van der Waals surface area contributed by atoms with E-state index in [2.05, 4.69) is 17.5 Å². The van der Waals surface area contributed by atoms with Crippen LogP contribution in [-0.4, -0.2) is 16.5 Å². The molecule has 0 bridgehead atoms. The maximum Gasteiger partial charge on any atom is 0.288 e. The van der Waals surface area contributed by atoms with Gasteiger partial charge in [0.2, 0.25) is 0 Å². The number of benzene rings is 1. The number of nitro groups is 1. The average molecular weight is 366 g/mol. The number of carbonyl (C=O) groups is 1. The highest BCUT2D eigenvalue weighted by Gasteiger charge is 2.14. The van der Waals surface area contributed by atoms with Gasteiger partial charge < -0.3 is 0 Å². The van der Waals surface area contributed by atoms with Crippen LogP contribution in [0.1, 0.15) is 41.1 Å². The molecule has 0 saturated heterocycles. The van der Waals surface area contributed by atoms with Gasteiger partial charge in [0.05, 0.1) is 16.2 Å². The summed E-state index contributed by atoms with van der Waals surface area (Å²) >= 11 is 7.32. The number of nitro benzene ring substituents is 1. The molecule has 0 saturated carbocycles. The number of hydrogen-bond acceptors (Lipinski definition) is 5. The van der Waals surface area contributed by atoms with Crippen molar-refractivity contribution in [3.05, 3.63) is 60.8 Å². The monoisotopic (exact) mass is 365 g/mol. The molecule has 24 heavy (non-hydrogen) atoms. The minimum atomic E-state index is -0.557. The predicted octanol–water partition coefficient (Wildman–Crippen LogP) is 4.42. The third-order valence-electron chi connectivity index (χ3n) is 3.30. The summed E-state index contributed by atoms with van der Waals surface area (Å²) in [5.41, 5.74) is 3.80. The molecule has 0 atom stereocenters. The fraction of sp³-hybridized carbons (Fsp3) is 0.250. The number of aryl methyl sites for hydroxylation is 1. The molecule has 0 unspecified atom stereocenters. The van der Waals surface area contributed by atoms with Gasteiger partial charge in [0.15, 0.2) is 0 Å². The molecule has 0 aliphatic rings. The van der Waals surface area contributed by atoms with Gasteiger partial charge in [0.1, 0.15) is 5.02 Å². The molecule has 6 nitrogen and oxygen atoms in total. The zero-order valence-corrected chi connectivity index (χ0v) is 14.8. The number of hydrogen-bond donors (Lipinski definition) is 1. The number of amides is 1. The van der Waals surface area contributed by atoms with E-state index < -0.39 is 4.92 Å². The molecule has 0 spiro atoms. The largest absolute Gasteiger partial charge is 0.288 e. The van der Waals surface area contributed by atoms with Crippen LogP contribution in [0.2, 0.25) is 5.02 Å². The van der Waals surface area contributed by atoms with E-state index in [0.29, 0.717) is 16.8 Å². The number of hydrazone groups is 1. The van der Waals surface area contributed by atoms with Crippen molar-refractivity contribution >= 4 is 40.2 Å². The van der Waals surface area contributed by atoms with Gasteiger partial charge in [-0.25, -0.2) is 5.43 Å². The highest BCUT2D eigenvalue weighted by Crippen LogP contribution is 2.25. The van der Waals surface area contributed by atoms with Crippen LogP contribution >= 0.6 is 22.9 Å². The molecule has 0 fully saturated rings. The van der Waals surface area contributed by atoms with E-state index >= 15 is 0 Å². The number of carbonyl (C=O) groups excluding carboxylic acids is 1. The van der Waals surface area contributed by atoms with E-state index in [1.165, 1.54) is 12.1 Å². The normalized spacial score (nSPS) is 11.4. The maximum atomic E-state index is 12.1. The SMILES string of the molecule is CCCc1cc(C(=O)N/N=C(/C)c2ccc(Cl)c([N+](=O)[O-])c2)cs1. The van der Waals surface area contributed by atoms with Gasteiger partial charge in [-0.1, -0.05) is 31.0 Å². The summed E-state index contributed by atoms with van der Waals surface area (Å²) in [7, 11) is 0. The maximum absolute atomic E-state index is 12.1. The summed E-state index contributed by atoms with van der Waals surface area (Å²) in [6, 6.07) is 6.23. The zero-order chi connectivity index (χ0) is 17.7. The third-order valence-corrected chi connectivity index (χ3v) is 4.61. The van der Waals surface area contributed by atoms with E-state index in [1.807, 2.05) is 6.07 Å². The molecular weight excluding hydrogens is 350 g/mol. The number of thiophene rings is 1. The molecule has 8 heteroatoms. The highest BCUT2D eigenvalue weighted by molar-refractivity contribution is 7.10. The minimum absolute atomic E-state index is 0.0577. The lowest BCUT2D eigenvalue weighted by molar-refractivity contribution is -0.384. The standard InChI is InChI=1S/C16H16ClN3O3S/c1-3-4-13-7-12(9-24-13)16(21)19-18-10(2)11-5-6-14(17)15(8-11)20(22)23/h5-9H,3-4H2,1-2H3,(H,19,21)/b18-10-. The van der Waals surface area contributed by atoms with E-state index in [9.17, 15) is 14.9 Å². The molecule has 0 aliphatic heterocycles. The van der Waals surface area contributed by atoms with Crippen molar-refractivity contribution in [2.45, 2.75) is 26.7 Å². The molecular formula is C16H16ClN3O3S. The van der Waals surface area contributed by atoms with Crippen molar-refractivity contribution in [1.82, 2.24) is 5.43 Å². The molecule has 1 amide bonds. The lowest BCUT2D eigenvalue weighted by Gasteiger charge is -2.03. The van der Waals surface area contributed by atoms with Gasteiger partial charge in [-0.05, 0) is 25.5 Å². The van der Waals surface area contributed by atoms with E-state index in [0.717, 1.165) is 17.7 Å². The van der Waals surface area contributed by atoms with Crippen LogP contribution in [0.15, 0.2) is 34.7 Å². The Hall–Kier alpha value is -2.25. The molecule has 1 heterocycles. The van der Waals surface area contributed by atoms with Gasteiger partial charge in [0.25, 0.3) is 11.6 Å². The lowest BCUT2D eigenvalue weighted by Crippen LogP contribution is -2.18. The molecule has 126 valence electrons. The molecule has 1 aromatic heterocycles. The molecule has 0 radical (unpaired) electrons. The second-order valence-electron chi connectivity index (χ2n) is 5.11. The van der Waals surface area contributed by atoms with Gasteiger partial charge in [-0.2, -0.15) is 5.10 Å². The van der Waals surface area contributed by atoms with Crippen molar-refractivity contribution < 1.29 is 9.72 Å². The van der Waals surface area contributed by atoms with Crippen molar-refractivity contribution in [3.8, 4) is 0 Å². The number of nitrogens with zero attached hydrogens (tertiary/aromatic N) is 2. The first-order valence-electron chi connectivity index (χ1n) is 7.28. The Labute approximate surface area is 148 Å². The number of halogens is 1. The second-order valence-corrected chi connectivity index (χ2v) is 6.52. The summed E-state index contributed by atoms with van der Waals surface area (Å²) in [5.74, 6) is -0.309. The summed E-state index contributed by atoms with van der Waals surface area (Å²) in [6.07, 6.45) is 1.96. The van der Waals surface area contributed by atoms with Crippen molar-refractivity contribution in [3.63, 3.8) is 0 Å². The van der Waals surface area contributed by atoms with Crippen LogP contribution in [0, 0.1) is 10.1 Å². The van der Waals surface area contributed by atoms with E-state index in [-0.39, 0.29) is 16.6 Å². The first-order valence-corrected chi connectivity index (χ1v) is 8.54. The Balaban J connectivity index is 2.11. The first-order chi connectivity index (χ1) is 11.4. The van der Waals surface area contributed by atoms with Crippen molar-refractivity contribution in [2.75, 3.05) is 0 Å². The third kappa shape index (κ3) is 4.39. The molecule has 1 N–H and O–H groups in total. The quantitative estimate of drug-likeness (QED) is 0.467. The van der Waals surface area contributed by atoms with Crippen LogP contribution in [0.4, 0.5) is 5.69 Å². The number of rotatable bonds is 6. The Morgan fingerprint density at radius 2 is 2.12 bits per heavy atom. The van der Waals surface area contributed by atoms with Crippen molar-refractivity contribution in [1.29, 1.82) is 0 Å². The first kappa shape index (κ1) is 18.1. The Morgan fingerprint density at radius 3 is 2.79 bits per heavy atom. The fourth-order valence-electron chi connectivity index (χ4n) is 2.02. The zero-order valence-electron chi connectivity index (χ0n) is 13.2.